The van der Waals surface area contributed by atoms with Crippen LogP contribution in [0.15, 0.2) is 24.3 Å². The lowest BCUT2D eigenvalue weighted by molar-refractivity contribution is -0.121. The molecule has 2 atom stereocenters. The molecule has 98 valence electrons. The lowest BCUT2D eigenvalue weighted by Crippen LogP contribution is -2.52. The Bertz CT molecular complexity index is 420. The lowest BCUT2D eigenvalue weighted by atomic mass is 9.99. The highest BCUT2D eigenvalue weighted by molar-refractivity contribution is 5.79. The zero-order valence-electron chi connectivity index (χ0n) is 10.6. The van der Waals surface area contributed by atoms with Gasteiger partial charge in [0.1, 0.15) is 5.75 Å². The number of hydrogen-bond donors (Lipinski definition) is 3. The smallest absolute Gasteiger partial charge is 0.224 e. The highest BCUT2D eigenvalue weighted by Gasteiger charge is 2.22. The van der Waals surface area contributed by atoms with Crippen LogP contribution in [-0.2, 0) is 11.2 Å². The van der Waals surface area contributed by atoms with Gasteiger partial charge in [-0.15, -0.1) is 0 Å². The van der Waals surface area contributed by atoms with Crippen molar-refractivity contribution in [1.29, 1.82) is 0 Å². The van der Waals surface area contributed by atoms with Crippen LogP contribution in [0.4, 0.5) is 0 Å². The van der Waals surface area contributed by atoms with Crippen molar-refractivity contribution < 1.29 is 9.90 Å². The van der Waals surface area contributed by atoms with Crippen LogP contribution in [-0.4, -0.2) is 29.6 Å². The van der Waals surface area contributed by atoms with Crippen LogP contribution < -0.4 is 10.6 Å². The molecule has 2 unspecified atom stereocenters. The van der Waals surface area contributed by atoms with Crippen LogP contribution in [0, 0.1) is 0 Å². The van der Waals surface area contributed by atoms with Crippen molar-refractivity contribution in [3.63, 3.8) is 0 Å². The normalized spacial score (nSPS) is 23.6. The fourth-order valence-corrected chi connectivity index (χ4v) is 2.35. The first-order chi connectivity index (χ1) is 8.65. The van der Waals surface area contributed by atoms with Crippen LogP contribution in [0.25, 0.3) is 0 Å². The zero-order valence-corrected chi connectivity index (χ0v) is 10.6. The summed E-state index contributed by atoms with van der Waals surface area (Å²) >= 11 is 0. The third-order valence-electron chi connectivity index (χ3n) is 3.38. The van der Waals surface area contributed by atoms with E-state index in [9.17, 15) is 9.90 Å². The van der Waals surface area contributed by atoms with Crippen molar-refractivity contribution in [2.24, 2.45) is 0 Å². The second kappa shape index (κ2) is 5.87. The SMILES string of the molecule is CC1NCCCC1NC(=O)Cc1cccc(O)c1. The molecule has 4 heteroatoms. The number of phenolic OH excluding ortho intramolecular Hbond substituents is 1. The van der Waals surface area contributed by atoms with Crippen molar-refractivity contribution in [3.8, 4) is 5.75 Å². The van der Waals surface area contributed by atoms with E-state index in [0.29, 0.717) is 12.5 Å². The van der Waals surface area contributed by atoms with Gasteiger partial charge in [0.2, 0.25) is 5.91 Å². The number of rotatable bonds is 3. The number of aromatic hydroxyl groups is 1. The summed E-state index contributed by atoms with van der Waals surface area (Å²) in [6.07, 6.45) is 2.44. The molecule has 0 saturated carbocycles. The molecule has 1 fully saturated rings. The molecule has 18 heavy (non-hydrogen) atoms. The van der Waals surface area contributed by atoms with Crippen molar-refractivity contribution in [2.45, 2.75) is 38.3 Å². The van der Waals surface area contributed by atoms with Crippen molar-refractivity contribution in [2.75, 3.05) is 6.54 Å². The molecule has 1 heterocycles. The first-order valence-electron chi connectivity index (χ1n) is 6.46. The van der Waals surface area contributed by atoms with Gasteiger partial charge in [0.05, 0.1) is 6.42 Å². The first kappa shape index (κ1) is 12.9. The molecule has 3 N–H and O–H groups in total. The van der Waals surface area contributed by atoms with Crippen LogP contribution in [0.1, 0.15) is 25.3 Å². The Hall–Kier alpha value is -1.55. The van der Waals surface area contributed by atoms with Gasteiger partial charge in [-0.2, -0.15) is 0 Å². The minimum Gasteiger partial charge on any atom is -0.508 e. The maximum absolute atomic E-state index is 11.9. The fraction of sp³-hybridized carbons (Fsp3) is 0.500. The van der Waals surface area contributed by atoms with E-state index in [2.05, 4.69) is 17.6 Å². The van der Waals surface area contributed by atoms with Gasteiger partial charge in [0, 0.05) is 12.1 Å². The topological polar surface area (TPSA) is 61.4 Å². The van der Waals surface area contributed by atoms with E-state index >= 15 is 0 Å². The summed E-state index contributed by atoms with van der Waals surface area (Å²) in [7, 11) is 0. The molecule has 1 amide bonds. The van der Waals surface area contributed by atoms with E-state index in [0.717, 1.165) is 24.9 Å². The number of carbonyl (C=O) groups excluding carboxylic acids is 1. The van der Waals surface area contributed by atoms with Gasteiger partial charge in [-0.05, 0) is 44.0 Å². The largest absolute Gasteiger partial charge is 0.508 e. The van der Waals surface area contributed by atoms with E-state index in [1.165, 1.54) is 0 Å². The van der Waals surface area contributed by atoms with Crippen molar-refractivity contribution in [1.82, 2.24) is 10.6 Å². The Labute approximate surface area is 107 Å². The summed E-state index contributed by atoms with van der Waals surface area (Å²) in [5.41, 5.74) is 0.837. The standard InChI is InChI=1S/C14H20N2O2/c1-10-13(6-3-7-15-10)16-14(18)9-11-4-2-5-12(17)8-11/h2,4-5,8,10,13,15,17H,3,6-7,9H2,1H3,(H,16,18). The monoisotopic (exact) mass is 248 g/mol. The maximum atomic E-state index is 11.9. The van der Waals surface area contributed by atoms with Crippen LogP contribution >= 0.6 is 0 Å². The molecule has 0 aliphatic carbocycles. The molecule has 1 aliphatic rings. The molecule has 1 aromatic rings. The van der Waals surface area contributed by atoms with E-state index in [4.69, 9.17) is 0 Å². The fourth-order valence-electron chi connectivity index (χ4n) is 2.35. The van der Waals surface area contributed by atoms with Gasteiger partial charge in [-0.3, -0.25) is 4.79 Å². The maximum Gasteiger partial charge on any atom is 0.224 e. The van der Waals surface area contributed by atoms with Gasteiger partial charge in [-0.1, -0.05) is 12.1 Å². The van der Waals surface area contributed by atoms with E-state index in [-0.39, 0.29) is 17.7 Å². The van der Waals surface area contributed by atoms with Crippen LogP contribution in [0.5, 0.6) is 5.75 Å². The van der Waals surface area contributed by atoms with Gasteiger partial charge in [0.15, 0.2) is 0 Å². The Morgan fingerprint density at radius 2 is 2.39 bits per heavy atom. The Balaban J connectivity index is 1.88. The van der Waals surface area contributed by atoms with Gasteiger partial charge >= 0.3 is 0 Å². The number of nitrogens with one attached hydrogen (secondary N) is 2. The van der Waals surface area contributed by atoms with Crippen LogP contribution in [0.2, 0.25) is 0 Å². The summed E-state index contributed by atoms with van der Waals surface area (Å²) < 4.78 is 0. The molecule has 2 rings (SSSR count). The van der Waals surface area contributed by atoms with E-state index in [1.807, 2.05) is 6.07 Å². The average molecular weight is 248 g/mol. The molecule has 1 aliphatic heterocycles. The lowest BCUT2D eigenvalue weighted by Gasteiger charge is -2.30. The molecule has 0 spiro atoms. The zero-order chi connectivity index (χ0) is 13.0. The highest BCUT2D eigenvalue weighted by Crippen LogP contribution is 2.12. The summed E-state index contributed by atoms with van der Waals surface area (Å²) in [6, 6.07) is 7.37. The van der Waals surface area contributed by atoms with Gasteiger partial charge in [0.25, 0.3) is 0 Å². The molecule has 4 nitrogen and oxygen atoms in total. The summed E-state index contributed by atoms with van der Waals surface area (Å²) in [4.78, 5) is 11.9. The van der Waals surface area contributed by atoms with E-state index < -0.39 is 0 Å². The molecule has 1 aromatic carbocycles. The minimum absolute atomic E-state index is 0.0150. The summed E-state index contributed by atoms with van der Waals surface area (Å²) in [6.45, 7) is 3.12. The molecule has 1 saturated heterocycles. The third kappa shape index (κ3) is 3.47. The Morgan fingerprint density at radius 1 is 1.56 bits per heavy atom. The summed E-state index contributed by atoms with van der Waals surface area (Å²) in [5.74, 6) is 0.217. The first-order valence-corrected chi connectivity index (χ1v) is 6.46. The highest BCUT2D eigenvalue weighted by atomic mass is 16.3. The molecular formula is C14H20N2O2. The van der Waals surface area contributed by atoms with Gasteiger partial charge in [-0.25, -0.2) is 0 Å². The minimum atomic E-state index is 0.0150. The summed E-state index contributed by atoms with van der Waals surface area (Å²) in [5, 5.41) is 15.8. The number of amides is 1. The number of carbonyl (C=O) groups is 1. The third-order valence-corrected chi connectivity index (χ3v) is 3.38. The Kier molecular flexibility index (Phi) is 4.20. The van der Waals surface area contributed by atoms with Crippen molar-refractivity contribution in [3.05, 3.63) is 29.8 Å². The quantitative estimate of drug-likeness (QED) is 0.753. The van der Waals surface area contributed by atoms with Crippen molar-refractivity contribution >= 4 is 5.91 Å². The number of benzene rings is 1. The molecule has 0 radical (unpaired) electrons. The number of hydrogen-bond acceptors (Lipinski definition) is 3. The predicted molar refractivity (Wildman–Crippen MR) is 70.4 cm³/mol. The molecule has 0 aromatic heterocycles. The molecular weight excluding hydrogens is 228 g/mol. The molecule has 0 bridgehead atoms. The van der Waals surface area contributed by atoms with E-state index in [1.54, 1.807) is 18.2 Å². The second-order valence-electron chi connectivity index (χ2n) is 4.91. The second-order valence-corrected chi connectivity index (χ2v) is 4.91. The number of piperidine rings is 1. The Morgan fingerprint density at radius 3 is 3.11 bits per heavy atom. The average Bonchev–Trinajstić information content (AvgIpc) is 2.32. The predicted octanol–water partition coefficient (Wildman–Crippen LogP) is 1.19. The van der Waals surface area contributed by atoms with Crippen LogP contribution in [0.3, 0.4) is 0 Å². The number of phenols is 1. The van der Waals surface area contributed by atoms with Gasteiger partial charge < -0.3 is 15.7 Å².